The van der Waals surface area contributed by atoms with Crippen molar-refractivity contribution in [3.05, 3.63) is 36.0 Å². The Hall–Kier alpha value is -8.08. The highest BCUT2D eigenvalue weighted by Gasteiger charge is 2.36. The molecular weight excluding hydrogens is 1030 g/mol. The number of aliphatic hydroxyl groups is 1. The van der Waals surface area contributed by atoms with Crippen LogP contribution in [-0.4, -0.2) is 165 Å². The summed E-state index contributed by atoms with van der Waals surface area (Å²) in [6, 6.07) is -5.40. The lowest BCUT2D eigenvalue weighted by molar-refractivity contribution is -0.143. The molecule has 22 N–H and O–H groups in total. The number of hydrogen-bond donors (Lipinski definition) is 17. The monoisotopic (exact) mass is 1110 g/mol. The van der Waals surface area contributed by atoms with Crippen molar-refractivity contribution in [2.75, 3.05) is 13.1 Å². The molecule has 0 fully saturated rings. The highest BCUT2D eigenvalue weighted by Crippen LogP contribution is 2.20. The van der Waals surface area contributed by atoms with Crippen molar-refractivity contribution in [1.82, 2.24) is 47.5 Å². The number of guanidine groups is 2. The lowest BCUT2D eigenvalue weighted by Crippen LogP contribution is -2.61. The maximum absolute atomic E-state index is 14.2. The lowest BCUT2D eigenvalue weighted by atomic mass is 9.97. The largest absolute Gasteiger partial charge is 0.481 e. The Bertz CT molecular complexity index is 2480. The minimum Gasteiger partial charge on any atom is -0.481 e. The summed E-state index contributed by atoms with van der Waals surface area (Å²) in [5.41, 5.74) is 29.1. The zero-order valence-electron chi connectivity index (χ0n) is 45.8. The van der Waals surface area contributed by atoms with Crippen LogP contribution in [0.3, 0.4) is 0 Å². The van der Waals surface area contributed by atoms with Gasteiger partial charge in [-0.1, -0.05) is 52.3 Å². The molecule has 8 amide bonds. The van der Waals surface area contributed by atoms with Crippen molar-refractivity contribution in [3.8, 4) is 0 Å². The molecule has 0 aliphatic carbocycles. The Morgan fingerprint density at radius 2 is 1.06 bits per heavy atom. The molecule has 1 heterocycles. The number of benzene rings is 1. The van der Waals surface area contributed by atoms with E-state index >= 15 is 0 Å². The van der Waals surface area contributed by atoms with Gasteiger partial charge in [0.15, 0.2) is 11.9 Å². The van der Waals surface area contributed by atoms with Crippen molar-refractivity contribution in [2.24, 2.45) is 50.5 Å². The van der Waals surface area contributed by atoms with E-state index in [9.17, 15) is 63.3 Å². The molecule has 0 saturated heterocycles. The van der Waals surface area contributed by atoms with Gasteiger partial charge in [-0.25, -0.2) is 4.79 Å². The molecule has 0 bridgehead atoms. The number of amides is 8. The number of aromatic amines is 1. The first kappa shape index (κ1) is 67.0. The van der Waals surface area contributed by atoms with Gasteiger partial charge in [0.2, 0.25) is 47.3 Å². The molecule has 79 heavy (non-hydrogen) atoms. The number of aliphatic carboxylic acids is 2. The van der Waals surface area contributed by atoms with E-state index in [0.717, 1.165) is 17.8 Å². The molecule has 0 saturated carbocycles. The summed E-state index contributed by atoms with van der Waals surface area (Å²) in [7, 11) is 0. The van der Waals surface area contributed by atoms with Crippen molar-refractivity contribution < 1.29 is 63.3 Å². The molecule has 11 atom stereocenters. The average molecular weight is 1120 g/mol. The zero-order valence-corrected chi connectivity index (χ0v) is 45.8. The number of nitrogens with one attached hydrogen (secondary N) is 9. The molecule has 1 aromatic heterocycles. The Kier molecular flexibility index (Phi) is 28.2. The maximum Gasteiger partial charge on any atom is 0.326 e. The van der Waals surface area contributed by atoms with Gasteiger partial charge in [0.25, 0.3) is 0 Å². The number of fused-ring (bicyclic) bond motifs is 1. The maximum atomic E-state index is 14.2. The minimum absolute atomic E-state index is 0.000782. The van der Waals surface area contributed by atoms with Crippen LogP contribution < -0.4 is 71.2 Å². The van der Waals surface area contributed by atoms with E-state index in [4.69, 9.17) is 28.7 Å². The average Bonchev–Trinajstić information content (AvgIpc) is 3.79. The number of H-pyrrole nitrogens is 1. The quantitative estimate of drug-likeness (QED) is 0.0181. The Balaban J connectivity index is 2.38. The van der Waals surface area contributed by atoms with Gasteiger partial charge in [0.1, 0.15) is 48.3 Å². The number of hydrogen-bond acceptors (Lipinski definition) is 14. The van der Waals surface area contributed by atoms with E-state index < -0.39 is 138 Å². The molecule has 0 aliphatic heterocycles. The Morgan fingerprint density at radius 3 is 1.61 bits per heavy atom. The van der Waals surface area contributed by atoms with Gasteiger partial charge in [0.05, 0.1) is 12.1 Å². The van der Waals surface area contributed by atoms with Crippen molar-refractivity contribution in [1.29, 1.82) is 0 Å². The van der Waals surface area contributed by atoms with E-state index in [1.165, 1.54) is 13.8 Å². The third-order valence-corrected chi connectivity index (χ3v) is 12.6. The van der Waals surface area contributed by atoms with Crippen LogP contribution in [0, 0.1) is 11.8 Å². The number of carbonyl (C=O) groups excluding carboxylic acids is 8. The Morgan fingerprint density at radius 1 is 0.582 bits per heavy atom. The van der Waals surface area contributed by atoms with E-state index in [1.54, 1.807) is 51.2 Å². The standard InChI is InChI=1S/C50H82N16O13/c1-8-25(4)38(65-42(72)31(51)14-11-19-56-49(52)53)46(76)60-27(6)41(71)63-35(22-29-23-58-32-15-10-9-13-30(29)32)45(75)59-26(5)40(70)61-33(16-12-20-57-50(54)55)44(74)66-39(28(7)67)47(77)62-34(17-18-37(68)69)43(73)64-36(48(78)79)21-24(2)3/h9-10,13,15,23-28,31,33-36,38-39,58,67H,8,11-12,14,16-22,51H2,1-7H3,(H,59,75)(H,60,76)(H,61,70)(H,62,77)(H,63,71)(H,64,73)(H,65,72)(H,66,74)(H,68,69)(H,78,79)(H4,52,53,56)(H4,54,55,57)/t25-,26-,27-,28+,31-,33-,34-,35-,36-,38-,39-/m0/s1. The number of aliphatic imine (C=N–C) groups is 2. The topological polar surface area (TPSA) is 498 Å². The summed E-state index contributed by atoms with van der Waals surface area (Å²) in [5.74, 6) is -10.8. The minimum atomic E-state index is -1.83. The first-order valence-electron chi connectivity index (χ1n) is 26.0. The molecule has 0 aliphatic rings. The number of nitrogens with two attached hydrogens (primary N) is 5. The second kappa shape index (κ2) is 33.3. The lowest BCUT2D eigenvalue weighted by Gasteiger charge is -2.28. The smallest absolute Gasteiger partial charge is 0.326 e. The summed E-state index contributed by atoms with van der Waals surface area (Å²) in [6.07, 6.45) is -0.354. The first-order valence-corrected chi connectivity index (χ1v) is 26.0. The Labute approximate surface area is 458 Å². The van der Waals surface area contributed by atoms with Gasteiger partial charge in [0, 0.05) is 43.0 Å². The van der Waals surface area contributed by atoms with Gasteiger partial charge in [-0.2, -0.15) is 0 Å². The van der Waals surface area contributed by atoms with E-state index in [2.05, 4.69) is 57.5 Å². The second-order valence-corrected chi connectivity index (χ2v) is 19.8. The zero-order chi connectivity index (χ0) is 59.7. The SMILES string of the molecule is CC[C@H](C)[C@H](NC(=O)[C@@H](N)CCCN=C(N)N)C(=O)N[C@@H](C)C(=O)N[C@@H](Cc1c[nH]c2ccccc12)C(=O)N[C@@H](C)C(=O)N[C@@H](CCCN=C(N)N)C(=O)N[C@H](C(=O)N[C@@H](CCC(=O)O)C(=O)N[C@@H](CC(C)C)C(=O)O)[C@@H](C)O. The molecule has 29 heteroatoms. The summed E-state index contributed by atoms with van der Waals surface area (Å²) >= 11 is 0. The second-order valence-electron chi connectivity index (χ2n) is 19.8. The number of aromatic nitrogens is 1. The number of carboxylic acid groups (broad SMARTS) is 2. The van der Waals surface area contributed by atoms with Crippen molar-refractivity contribution in [2.45, 2.75) is 167 Å². The highest BCUT2D eigenvalue weighted by atomic mass is 16.4. The number of rotatable bonds is 35. The predicted molar refractivity (Wildman–Crippen MR) is 292 cm³/mol. The van der Waals surface area contributed by atoms with Gasteiger partial charge in [-0.15, -0.1) is 0 Å². The summed E-state index contributed by atoms with van der Waals surface area (Å²) in [6.45, 7) is 11.0. The summed E-state index contributed by atoms with van der Waals surface area (Å²) in [4.78, 5) is 144. The van der Waals surface area contributed by atoms with Crippen LogP contribution in [0.1, 0.15) is 105 Å². The van der Waals surface area contributed by atoms with Crippen molar-refractivity contribution >= 4 is 82.0 Å². The van der Waals surface area contributed by atoms with Gasteiger partial charge in [-0.05, 0) is 82.8 Å². The predicted octanol–water partition coefficient (Wildman–Crippen LogP) is -3.51. The van der Waals surface area contributed by atoms with Crippen LogP contribution in [0.15, 0.2) is 40.4 Å². The number of carboxylic acids is 2. The number of nitrogens with zero attached hydrogens (tertiary/aromatic N) is 2. The normalized spacial score (nSPS) is 15.3. The fraction of sp³-hybridized carbons (Fsp3) is 0.600. The summed E-state index contributed by atoms with van der Waals surface area (Å²) in [5, 5.41) is 50.4. The first-order chi connectivity index (χ1) is 37.1. The van der Waals surface area contributed by atoms with Crippen LogP contribution >= 0.6 is 0 Å². The highest BCUT2D eigenvalue weighted by molar-refractivity contribution is 5.98. The number of carbonyl (C=O) groups is 10. The molecule has 0 radical (unpaired) electrons. The van der Waals surface area contributed by atoms with Crippen LogP contribution in [0.5, 0.6) is 0 Å². The van der Waals surface area contributed by atoms with E-state index in [-0.39, 0.29) is 63.0 Å². The molecule has 2 rings (SSSR count). The molecule has 2 aromatic rings. The fourth-order valence-corrected chi connectivity index (χ4v) is 7.88. The molecular formula is C50H82N16O13. The molecule has 0 unspecified atom stereocenters. The van der Waals surface area contributed by atoms with Crippen LogP contribution in [0.25, 0.3) is 10.9 Å². The molecule has 29 nitrogen and oxygen atoms in total. The van der Waals surface area contributed by atoms with E-state index in [0.29, 0.717) is 18.4 Å². The third-order valence-electron chi connectivity index (χ3n) is 12.6. The number of aliphatic hydroxyl groups excluding tert-OH is 1. The van der Waals surface area contributed by atoms with Gasteiger partial charge in [-0.3, -0.25) is 53.1 Å². The summed E-state index contributed by atoms with van der Waals surface area (Å²) < 4.78 is 0. The molecule has 0 spiro atoms. The van der Waals surface area contributed by atoms with Crippen LogP contribution in [0.4, 0.5) is 0 Å². The van der Waals surface area contributed by atoms with Gasteiger partial charge >= 0.3 is 11.9 Å². The van der Waals surface area contributed by atoms with Crippen LogP contribution in [-0.2, 0) is 54.4 Å². The van der Waals surface area contributed by atoms with Crippen LogP contribution in [0.2, 0.25) is 0 Å². The molecule has 1 aromatic carbocycles. The number of para-hydroxylation sites is 1. The fourth-order valence-electron chi connectivity index (χ4n) is 7.88. The van der Waals surface area contributed by atoms with Crippen molar-refractivity contribution in [3.63, 3.8) is 0 Å². The third kappa shape index (κ3) is 23.6. The molecule has 440 valence electrons. The van der Waals surface area contributed by atoms with E-state index in [1.807, 2.05) is 6.92 Å². The van der Waals surface area contributed by atoms with Gasteiger partial charge < -0.3 is 91.5 Å².